The predicted octanol–water partition coefficient (Wildman–Crippen LogP) is 0.808. The molecule has 2 heterocycles. The van der Waals surface area contributed by atoms with E-state index in [1.54, 1.807) is 0 Å². The Morgan fingerprint density at radius 2 is 1.50 bits per heavy atom. The van der Waals surface area contributed by atoms with Crippen molar-refractivity contribution in [1.29, 1.82) is 0 Å². The van der Waals surface area contributed by atoms with Gasteiger partial charge < -0.3 is 20.1 Å². The number of nitrogens with one attached hydrogen (secondary N) is 2. The van der Waals surface area contributed by atoms with Crippen molar-refractivity contribution in [1.82, 2.24) is 10.6 Å². The highest BCUT2D eigenvalue weighted by atomic mass is 32.1. The second-order valence-corrected chi connectivity index (χ2v) is 4.77. The third kappa shape index (κ3) is 3.88. The lowest BCUT2D eigenvalue weighted by molar-refractivity contribution is 0.111. The summed E-state index contributed by atoms with van der Waals surface area (Å²) in [4.78, 5) is 0. The van der Waals surface area contributed by atoms with Gasteiger partial charge in [0.2, 0.25) is 0 Å². The van der Waals surface area contributed by atoms with Crippen LogP contribution in [-0.2, 0) is 9.47 Å². The minimum Gasteiger partial charge on any atom is -0.376 e. The summed E-state index contributed by atoms with van der Waals surface area (Å²) >= 11 is 5.19. The van der Waals surface area contributed by atoms with Crippen LogP contribution in [0.15, 0.2) is 0 Å². The summed E-state index contributed by atoms with van der Waals surface area (Å²) in [5.41, 5.74) is 0. The molecule has 0 aliphatic carbocycles. The number of ether oxygens (including phenoxy) is 2. The van der Waals surface area contributed by atoms with E-state index in [1.807, 2.05) is 0 Å². The highest BCUT2D eigenvalue weighted by Crippen LogP contribution is 2.11. The van der Waals surface area contributed by atoms with Gasteiger partial charge in [0.25, 0.3) is 0 Å². The molecule has 2 fully saturated rings. The number of rotatable bonds is 4. The van der Waals surface area contributed by atoms with Crippen LogP contribution in [0.25, 0.3) is 0 Å². The van der Waals surface area contributed by atoms with E-state index in [1.165, 1.54) is 12.8 Å². The third-order valence-corrected chi connectivity index (χ3v) is 3.32. The largest absolute Gasteiger partial charge is 0.376 e. The predicted molar refractivity (Wildman–Crippen MR) is 66.6 cm³/mol. The highest BCUT2D eigenvalue weighted by Gasteiger charge is 2.17. The highest BCUT2D eigenvalue weighted by molar-refractivity contribution is 7.80. The first-order valence-corrected chi connectivity index (χ1v) is 6.50. The van der Waals surface area contributed by atoms with Crippen molar-refractivity contribution >= 4 is 17.3 Å². The lowest BCUT2D eigenvalue weighted by atomic mass is 10.2. The Morgan fingerprint density at radius 1 is 1.00 bits per heavy atom. The summed E-state index contributed by atoms with van der Waals surface area (Å²) in [6.45, 7) is 3.42. The maximum atomic E-state index is 5.51. The van der Waals surface area contributed by atoms with Crippen LogP contribution in [0.2, 0.25) is 0 Å². The van der Waals surface area contributed by atoms with Crippen molar-refractivity contribution in [3.8, 4) is 0 Å². The molecule has 2 rings (SSSR count). The number of hydrogen-bond donors (Lipinski definition) is 2. The third-order valence-electron chi connectivity index (χ3n) is 3.03. The van der Waals surface area contributed by atoms with Crippen LogP contribution in [0.5, 0.6) is 0 Å². The van der Waals surface area contributed by atoms with Gasteiger partial charge in [0, 0.05) is 26.3 Å². The SMILES string of the molecule is S=C(NCC1CCCO1)NCC1CCCO1. The van der Waals surface area contributed by atoms with E-state index in [2.05, 4.69) is 10.6 Å². The Morgan fingerprint density at radius 3 is 1.88 bits per heavy atom. The summed E-state index contributed by atoms with van der Waals surface area (Å²) < 4.78 is 11.0. The van der Waals surface area contributed by atoms with E-state index in [0.29, 0.717) is 17.3 Å². The Kier molecular flexibility index (Phi) is 4.81. The Hall–Kier alpha value is -0.390. The first-order valence-electron chi connectivity index (χ1n) is 6.09. The van der Waals surface area contributed by atoms with Crippen LogP contribution >= 0.6 is 12.2 Å². The molecule has 92 valence electrons. The second-order valence-electron chi connectivity index (χ2n) is 4.36. The van der Waals surface area contributed by atoms with Gasteiger partial charge in [-0.3, -0.25) is 0 Å². The molecule has 2 aliphatic heterocycles. The van der Waals surface area contributed by atoms with E-state index < -0.39 is 0 Å². The van der Waals surface area contributed by atoms with Gasteiger partial charge in [-0.2, -0.15) is 0 Å². The molecule has 4 nitrogen and oxygen atoms in total. The topological polar surface area (TPSA) is 42.5 Å². The molecule has 16 heavy (non-hydrogen) atoms. The van der Waals surface area contributed by atoms with Crippen molar-refractivity contribution in [2.24, 2.45) is 0 Å². The van der Waals surface area contributed by atoms with Crippen LogP contribution in [-0.4, -0.2) is 43.6 Å². The molecule has 0 radical (unpaired) electrons. The lowest BCUT2D eigenvalue weighted by Crippen LogP contribution is -2.42. The van der Waals surface area contributed by atoms with Gasteiger partial charge in [0.05, 0.1) is 12.2 Å². The van der Waals surface area contributed by atoms with Crippen molar-refractivity contribution in [2.45, 2.75) is 37.9 Å². The van der Waals surface area contributed by atoms with Crippen LogP contribution in [0.3, 0.4) is 0 Å². The smallest absolute Gasteiger partial charge is 0.166 e. The molecule has 0 aromatic rings. The molecule has 2 aliphatic rings. The zero-order chi connectivity index (χ0) is 11.2. The van der Waals surface area contributed by atoms with E-state index >= 15 is 0 Å². The Bertz CT molecular complexity index is 204. The molecule has 2 unspecified atom stereocenters. The summed E-state index contributed by atoms with van der Waals surface area (Å²) in [7, 11) is 0. The zero-order valence-corrected chi connectivity index (χ0v) is 10.4. The molecule has 0 bridgehead atoms. The Balaban J connectivity index is 1.53. The number of hydrogen-bond acceptors (Lipinski definition) is 3. The van der Waals surface area contributed by atoms with E-state index in [0.717, 1.165) is 39.1 Å². The average molecular weight is 244 g/mol. The fourth-order valence-corrected chi connectivity index (χ4v) is 2.25. The first-order chi connectivity index (χ1) is 7.84. The maximum Gasteiger partial charge on any atom is 0.166 e. The summed E-state index contributed by atoms with van der Waals surface area (Å²) in [6, 6.07) is 0. The fraction of sp³-hybridized carbons (Fsp3) is 0.909. The van der Waals surface area contributed by atoms with Crippen molar-refractivity contribution in [3.63, 3.8) is 0 Å². The van der Waals surface area contributed by atoms with E-state index in [4.69, 9.17) is 21.7 Å². The molecule has 0 amide bonds. The Labute approximate surface area is 102 Å². The molecule has 2 saturated heterocycles. The van der Waals surface area contributed by atoms with Crippen molar-refractivity contribution in [2.75, 3.05) is 26.3 Å². The molecule has 0 aromatic heterocycles. The van der Waals surface area contributed by atoms with Gasteiger partial charge in [-0.05, 0) is 37.9 Å². The summed E-state index contributed by atoms with van der Waals surface area (Å²) in [6.07, 6.45) is 5.29. The summed E-state index contributed by atoms with van der Waals surface area (Å²) in [5, 5.41) is 7.09. The van der Waals surface area contributed by atoms with Gasteiger partial charge in [-0.1, -0.05) is 0 Å². The van der Waals surface area contributed by atoms with Gasteiger partial charge in [0.1, 0.15) is 0 Å². The average Bonchev–Trinajstić information content (AvgIpc) is 2.96. The van der Waals surface area contributed by atoms with Crippen LogP contribution in [0, 0.1) is 0 Å². The number of thiocarbonyl (C=S) groups is 1. The van der Waals surface area contributed by atoms with Gasteiger partial charge in [0.15, 0.2) is 5.11 Å². The van der Waals surface area contributed by atoms with Crippen molar-refractivity contribution < 1.29 is 9.47 Å². The van der Waals surface area contributed by atoms with Crippen LogP contribution in [0.4, 0.5) is 0 Å². The van der Waals surface area contributed by atoms with Crippen molar-refractivity contribution in [3.05, 3.63) is 0 Å². The second kappa shape index (κ2) is 6.37. The van der Waals surface area contributed by atoms with Gasteiger partial charge in [-0.25, -0.2) is 0 Å². The fourth-order valence-electron chi connectivity index (χ4n) is 2.09. The minimum absolute atomic E-state index is 0.336. The van der Waals surface area contributed by atoms with Crippen LogP contribution in [0.1, 0.15) is 25.7 Å². The molecular formula is C11H20N2O2S. The van der Waals surface area contributed by atoms with Gasteiger partial charge >= 0.3 is 0 Å². The molecule has 0 saturated carbocycles. The maximum absolute atomic E-state index is 5.51. The standard InChI is InChI=1S/C11H20N2O2S/c16-11(12-7-9-3-1-5-14-9)13-8-10-4-2-6-15-10/h9-10H,1-8H2,(H2,12,13,16). The van der Waals surface area contributed by atoms with E-state index in [-0.39, 0.29) is 0 Å². The molecule has 0 spiro atoms. The lowest BCUT2D eigenvalue weighted by Gasteiger charge is -2.16. The minimum atomic E-state index is 0.336. The summed E-state index contributed by atoms with van der Waals surface area (Å²) in [5.74, 6) is 0. The quantitative estimate of drug-likeness (QED) is 0.716. The zero-order valence-electron chi connectivity index (χ0n) is 9.54. The molecule has 5 heteroatoms. The molecule has 2 atom stereocenters. The van der Waals surface area contributed by atoms with Gasteiger partial charge in [-0.15, -0.1) is 0 Å². The van der Waals surface area contributed by atoms with Crippen LogP contribution < -0.4 is 10.6 Å². The normalized spacial score (nSPS) is 29.2. The molecule has 2 N–H and O–H groups in total. The monoisotopic (exact) mass is 244 g/mol. The first kappa shape index (κ1) is 12.1. The molecule has 0 aromatic carbocycles. The van der Waals surface area contributed by atoms with E-state index in [9.17, 15) is 0 Å². The molecular weight excluding hydrogens is 224 g/mol.